The van der Waals surface area contributed by atoms with E-state index in [0.29, 0.717) is 29.1 Å². The van der Waals surface area contributed by atoms with Gasteiger partial charge in [0.05, 0.1) is 11.8 Å². The Morgan fingerprint density at radius 3 is 2.25 bits per heavy atom. The molecule has 0 heterocycles. The standard InChI is InChI=1S/C9H10ClF2NO2S.C7H7Cl2N.CH4O/c1-13-8(9(10,11)12)3-7(16-2)6(4-14)5-15;8-6-2-1-5(4-10)7(9)3-6;1-2/h3-5,14H,1-2H3;1-3H,4,10H2;2H,1H3/b6-4+,7-3+,13-8?;;. The number of alkyl halides is 3. The number of aliphatic imine (C=N–C) groups is 1. The van der Waals surface area contributed by atoms with E-state index in [0.717, 1.165) is 37.6 Å². The van der Waals surface area contributed by atoms with Gasteiger partial charge in [0.15, 0.2) is 6.29 Å². The Labute approximate surface area is 181 Å². The average molecular weight is 478 g/mol. The molecule has 5 nitrogen and oxygen atoms in total. The minimum absolute atomic E-state index is 0.116. The van der Waals surface area contributed by atoms with Crippen LogP contribution in [0, 0.1) is 0 Å². The van der Waals surface area contributed by atoms with Gasteiger partial charge in [-0.1, -0.05) is 29.3 Å². The summed E-state index contributed by atoms with van der Waals surface area (Å²) in [5, 5.41) is 13.4. The molecule has 1 aromatic rings. The first-order valence-electron chi connectivity index (χ1n) is 7.32. The molecule has 11 heteroatoms. The summed E-state index contributed by atoms with van der Waals surface area (Å²) in [5.41, 5.74) is 5.50. The fourth-order valence-electron chi connectivity index (χ4n) is 1.50. The third kappa shape index (κ3) is 11.0. The van der Waals surface area contributed by atoms with E-state index in [1.807, 2.05) is 6.07 Å². The molecule has 0 aliphatic rings. The first kappa shape index (κ1) is 29.0. The topological polar surface area (TPSA) is 95.9 Å². The minimum atomic E-state index is -3.61. The average Bonchev–Trinajstić information content (AvgIpc) is 2.66. The number of nitrogens with two attached hydrogens (primary N) is 1. The maximum atomic E-state index is 12.8. The van der Waals surface area contributed by atoms with E-state index in [1.165, 1.54) is 0 Å². The van der Waals surface area contributed by atoms with Crippen molar-refractivity contribution in [1.29, 1.82) is 0 Å². The third-order valence-electron chi connectivity index (χ3n) is 2.80. The second kappa shape index (κ2) is 15.7. The highest BCUT2D eigenvalue weighted by Crippen LogP contribution is 2.26. The molecule has 0 fully saturated rings. The number of aliphatic hydroxyl groups excluding tert-OH is 2. The monoisotopic (exact) mass is 476 g/mol. The van der Waals surface area contributed by atoms with E-state index in [-0.39, 0.29) is 10.5 Å². The Kier molecular flexibility index (Phi) is 16.3. The summed E-state index contributed by atoms with van der Waals surface area (Å²) in [4.78, 5) is 14.0. The predicted molar refractivity (Wildman–Crippen MR) is 115 cm³/mol. The van der Waals surface area contributed by atoms with Crippen LogP contribution >= 0.6 is 46.6 Å². The van der Waals surface area contributed by atoms with Gasteiger partial charge in [0.2, 0.25) is 0 Å². The highest BCUT2D eigenvalue weighted by atomic mass is 35.5. The Bertz CT molecular complexity index is 709. The molecule has 0 saturated heterocycles. The summed E-state index contributed by atoms with van der Waals surface area (Å²) in [6, 6.07) is 5.28. The quantitative estimate of drug-likeness (QED) is 0.136. The third-order valence-corrected chi connectivity index (χ3v) is 4.38. The number of aliphatic hydroxyl groups is 2. The number of halogens is 5. The van der Waals surface area contributed by atoms with Crippen molar-refractivity contribution in [2.24, 2.45) is 10.7 Å². The number of allylic oxidation sites excluding steroid dienone is 2. The maximum absolute atomic E-state index is 12.8. The van der Waals surface area contributed by atoms with Crippen molar-refractivity contribution in [2.45, 2.75) is 11.9 Å². The second-order valence-corrected chi connectivity index (χ2v) is 6.63. The smallest absolute Gasteiger partial charge is 0.364 e. The number of rotatable bonds is 6. The van der Waals surface area contributed by atoms with Crippen LogP contribution in [-0.2, 0) is 11.3 Å². The van der Waals surface area contributed by atoms with Gasteiger partial charge in [-0.3, -0.25) is 9.79 Å². The van der Waals surface area contributed by atoms with E-state index in [9.17, 15) is 13.6 Å². The first-order valence-corrected chi connectivity index (χ1v) is 9.68. The molecule has 0 spiro atoms. The van der Waals surface area contributed by atoms with Crippen molar-refractivity contribution < 1.29 is 23.8 Å². The molecule has 28 heavy (non-hydrogen) atoms. The second-order valence-electron chi connectivity index (χ2n) is 4.46. The number of hydrogen-bond acceptors (Lipinski definition) is 6. The van der Waals surface area contributed by atoms with Gasteiger partial charge >= 0.3 is 5.38 Å². The van der Waals surface area contributed by atoms with Gasteiger partial charge < -0.3 is 15.9 Å². The van der Waals surface area contributed by atoms with Gasteiger partial charge in [0.1, 0.15) is 5.71 Å². The lowest BCUT2D eigenvalue weighted by Gasteiger charge is -2.09. The summed E-state index contributed by atoms with van der Waals surface area (Å²) >= 11 is 17.2. The molecule has 1 rings (SSSR count). The molecule has 0 atom stereocenters. The lowest BCUT2D eigenvalue weighted by Crippen LogP contribution is -2.19. The molecule has 4 N–H and O–H groups in total. The lowest BCUT2D eigenvalue weighted by molar-refractivity contribution is -0.104. The zero-order valence-electron chi connectivity index (χ0n) is 15.3. The lowest BCUT2D eigenvalue weighted by atomic mass is 10.2. The number of aldehydes is 1. The summed E-state index contributed by atoms with van der Waals surface area (Å²) in [6.45, 7) is 0.454. The molecule has 0 aromatic heterocycles. The van der Waals surface area contributed by atoms with E-state index in [2.05, 4.69) is 4.99 Å². The Morgan fingerprint density at radius 2 is 1.93 bits per heavy atom. The van der Waals surface area contributed by atoms with Crippen LogP contribution in [0.3, 0.4) is 0 Å². The Hall–Kier alpha value is -1.16. The zero-order chi connectivity index (χ0) is 22.3. The normalized spacial score (nSPS) is 12.4. The molecule has 0 bridgehead atoms. The highest BCUT2D eigenvalue weighted by Gasteiger charge is 2.31. The van der Waals surface area contributed by atoms with Gasteiger partial charge in [-0.15, -0.1) is 11.8 Å². The van der Waals surface area contributed by atoms with Crippen LogP contribution in [0.2, 0.25) is 10.0 Å². The predicted octanol–water partition coefficient (Wildman–Crippen LogP) is 4.84. The van der Waals surface area contributed by atoms with Gasteiger partial charge in [-0.05, 0) is 41.6 Å². The van der Waals surface area contributed by atoms with Crippen LogP contribution in [0.1, 0.15) is 5.56 Å². The number of benzene rings is 1. The van der Waals surface area contributed by atoms with Crippen molar-refractivity contribution in [2.75, 3.05) is 20.4 Å². The molecular weight excluding hydrogens is 457 g/mol. The number of carbonyl (C=O) groups excluding carboxylic acids is 1. The van der Waals surface area contributed by atoms with Crippen LogP contribution in [0.5, 0.6) is 0 Å². The summed E-state index contributed by atoms with van der Waals surface area (Å²) < 4.78 is 25.5. The number of carbonyl (C=O) groups is 1. The summed E-state index contributed by atoms with van der Waals surface area (Å²) in [7, 11) is 2.16. The molecular formula is C17H21Cl3F2N2O3S. The first-order chi connectivity index (χ1) is 13.1. The van der Waals surface area contributed by atoms with E-state index in [4.69, 9.17) is 50.7 Å². The zero-order valence-corrected chi connectivity index (χ0v) is 18.4. The minimum Gasteiger partial charge on any atom is -0.515 e. The van der Waals surface area contributed by atoms with Crippen molar-refractivity contribution >= 4 is 58.6 Å². The van der Waals surface area contributed by atoms with Crippen LogP contribution in [-0.4, -0.2) is 48.0 Å². The SMILES string of the molecule is CN=C(/C=C(SC)\C(C=O)=C\O)C(F)(F)Cl.CO.NCc1ccc(Cl)cc1Cl. The summed E-state index contributed by atoms with van der Waals surface area (Å²) in [6.07, 6.45) is 3.41. The fourth-order valence-corrected chi connectivity index (χ4v) is 2.69. The van der Waals surface area contributed by atoms with Crippen LogP contribution in [0.4, 0.5) is 8.78 Å². The number of thioether (sulfide) groups is 1. The number of nitrogens with zero attached hydrogens (tertiary/aromatic N) is 1. The molecule has 0 amide bonds. The molecule has 0 aliphatic heterocycles. The van der Waals surface area contributed by atoms with E-state index >= 15 is 0 Å². The molecule has 0 radical (unpaired) electrons. The molecule has 0 unspecified atom stereocenters. The van der Waals surface area contributed by atoms with Gasteiger partial charge in [0.25, 0.3) is 0 Å². The van der Waals surface area contributed by atoms with Crippen LogP contribution in [0.15, 0.2) is 46.0 Å². The van der Waals surface area contributed by atoms with Crippen LogP contribution < -0.4 is 5.73 Å². The van der Waals surface area contributed by atoms with Crippen molar-refractivity contribution in [3.05, 3.63) is 56.6 Å². The highest BCUT2D eigenvalue weighted by molar-refractivity contribution is 8.02. The number of hydrogen-bond donors (Lipinski definition) is 3. The Balaban J connectivity index is 0. The molecule has 1 aromatic carbocycles. The largest absolute Gasteiger partial charge is 0.515 e. The van der Waals surface area contributed by atoms with Crippen molar-refractivity contribution in [3.63, 3.8) is 0 Å². The van der Waals surface area contributed by atoms with Gasteiger partial charge in [-0.2, -0.15) is 8.78 Å². The van der Waals surface area contributed by atoms with E-state index < -0.39 is 11.1 Å². The molecule has 158 valence electrons. The van der Waals surface area contributed by atoms with Gasteiger partial charge in [0, 0.05) is 35.7 Å². The molecule has 0 aliphatic carbocycles. The maximum Gasteiger partial charge on any atom is 0.364 e. The van der Waals surface area contributed by atoms with Crippen molar-refractivity contribution in [3.8, 4) is 0 Å². The fraction of sp³-hybridized carbons (Fsp3) is 0.294. The molecule has 0 saturated carbocycles. The Morgan fingerprint density at radius 1 is 1.36 bits per heavy atom. The summed E-state index contributed by atoms with van der Waals surface area (Å²) in [5.74, 6) is 0. The van der Waals surface area contributed by atoms with Gasteiger partial charge in [-0.25, -0.2) is 0 Å². The van der Waals surface area contributed by atoms with Crippen LogP contribution in [0.25, 0.3) is 0 Å². The van der Waals surface area contributed by atoms with Crippen molar-refractivity contribution in [1.82, 2.24) is 0 Å². The van der Waals surface area contributed by atoms with E-state index in [1.54, 1.807) is 18.4 Å².